The number of halogens is 1. The van der Waals surface area contributed by atoms with Crippen molar-refractivity contribution in [1.29, 1.82) is 0 Å². The lowest BCUT2D eigenvalue weighted by Gasteiger charge is -2.16. The fourth-order valence-electron chi connectivity index (χ4n) is 3.10. The molecule has 2 aromatic heterocycles. The summed E-state index contributed by atoms with van der Waals surface area (Å²) in [5, 5.41) is 8.33. The summed E-state index contributed by atoms with van der Waals surface area (Å²) in [5.41, 5.74) is 0.295. The van der Waals surface area contributed by atoms with Gasteiger partial charge in [-0.2, -0.15) is 10.1 Å². The smallest absolute Gasteiger partial charge is 0.302 e. The molecule has 2 N–H and O–H groups in total. The van der Waals surface area contributed by atoms with Crippen molar-refractivity contribution in [2.75, 3.05) is 6.54 Å². The number of ether oxygens (including phenoxy) is 1. The van der Waals surface area contributed by atoms with E-state index >= 15 is 0 Å². The third-order valence-corrected chi connectivity index (χ3v) is 4.39. The number of nitrogens with zero attached hydrogens (tertiary/aromatic N) is 3. The van der Waals surface area contributed by atoms with E-state index in [1.54, 1.807) is 41.4 Å². The lowest BCUT2D eigenvalue weighted by molar-refractivity contribution is 0.433. The number of aromatic amines is 1. The zero-order valence-corrected chi connectivity index (χ0v) is 14.6. The third-order valence-electron chi connectivity index (χ3n) is 4.39. The SMILES string of the molecule is CCC(c1ccccc1F)n1cc(Oc2nc3c(c(=O)[nH]2)=CCNC=3)cn1. The van der Waals surface area contributed by atoms with Gasteiger partial charge in [-0.25, -0.2) is 4.39 Å². The van der Waals surface area contributed by atoms with E-state index in [0.717, 1.165) is 0 Å². The number of fused-ring (bicyclic) bond motifs is 1. The maximum absolute atomic E-state index is 14.1. The second kappa shape index (κ2) is 7.06. The molecule has 3 aromatic rings. The minimum absolute atomic E-state index is 0.0746. The average molecular weight is 367 g/mol. The van der Waals surface area contributed by atoms with Gasteiger partial charge in [-0.1, -0.05) is 31.2 Å². The normalized spacial score (nSPS) is 13.7. The standard InChI is InChI=1S/C19H18FN5O2/c1-2-17(13-5-3-4-6-15(13)20)25-11-12(9-22-25)27-19-23-16-10-21-8-7-14(16)18(26)24-19/h3-7,9-11,17,21H,2,8H2,1H3,(H,23,24,26). The summed E-state index contributed by atoms with van der Waals surface area (Å²) in [6, 6.07) is 6.45. The summed E-state index contributed by atoms with van der Waals surface area (Å²) in [6.07, 6.45) is 7.27. The number of nitrogens with one attached hydrogen (secondary N) is 2. The Morgan fingerprint density at radius 3 is 3.04 bits per heavy atom. The number of aromatic nitrogens is 4. The minimum atomic E-state index is -0.276. The summed E-state index contributed by atoms with van der Waals surface area (Å²) >= 11 is 0. The van der Waals surface area contributed by atoms with E-state index in [1.165, 1.54) is 12.3 Å². The minimum Gasteiger partial charge on any atom is -0.422 e. The number of hydrogen-bond donors (Lipinski definition) is 2. The van der Waals surface area contributed by atoms with Gasteiger partial charge in [-0.3, -0.25) is 14.5 Å². The molecule has 1 aliphatic heterocycles. The first-order chi connectivity index (χ1) is 13.2. The van der Waals surface area contributed by atoms with Crippen molar-refractivity contribution in [1.82, 2.24) is 25.1 Å². The van der Waals surface area contributed by atoms with Gasteiger partial charge in [0.05, 0.1) is 29.0 Å². The largest absolute Gasteiger partial charge is 0.422 e. The van der Waals surface area contributed by atoms with Crippen LogP contribution in [-0.2, 0) is 0 Å². The monoisotopic (exact) mass is 367 g/mol. The molecule has 8 heteroatoms. The molecule has 1 aliphatic rings. The van der Waals surface area contributed by atoms with Crippen molar-refractivity contribution >= 4 is 12.3 Å². The van der Waals surface area contributed by atoms with Crippen LogP contribution in [0, 0.1) is 5.82 Å². The Morgan fingerprint density at radius 1 is 1.37 bits per heavy atom. The van der Waals surface area contributed by atoms with Crippen molar-refractivity contribution in [3.8, 4) is 11.8 Å². The van der Waals surface area contributed by atoms with E-state index in [0.29, 0.717) is 34.8 Å². The summed E-state index contributed by atoms with van der Waals surface area (Å²) in [5.74, 6) is 0.128. The summed E-state index contributed by atoms with van der Waals surface area (Å²) in [6.45, 7) is 2.54. The Hall–Kier alpha value is -3.42. The van der Waals surface area contributed by atoms with Gasteiger partial charge in [0.2, 0.25) is 0 Å². The predicted molar refractivity (Wildman–Crippen MR) is 98.2 cm³/mol. The molecule has 1 aromatic carbocycles. The maximum Gasteiger partial charge on any atom is 0.302 e. The van der Waals surface area contributed by atoms with E-state index in [4.69, 9.17) is 4.74 Å². The molecule has 3 heterocycles. The number of hydrogen-bond acceptors (Lipinski definition) is 5. The molecule has 0 radical (unpaired) electrons. The molecule has 1 atom stereocenters. The van der Waals surface area contributed by atoms with Gasteiger partial charge in [-0.15, -0.1) is 0 Å². The van der Waals surface area contributed by atoms with Crippen molar-refractivity contribution in [3.63, 3.8) is 0 Å². The zero-order chi connectivity index (χ0) is 18.8. The van der Waals surface area contributed by atoms with E-state index in [-0.39, 0.29) is 23.4 Å². The Kier molecular flexibility index (Phi) is 4.45. The fourth-order valence-corrected chi connectivity index (χ4v) is 3.10. The lowest BCUT2D eigenvalue weighted by atomic mass is 10.0. The van der Waals surface area contributed by atoms with Crippen LogP contribution in [0.15, 0.2) is 41.5 Å². The molecule has 27 heavy (non-hydrogen) atoms. The van der Waals surface area contributed by atoms with Crippen molar-refractivity contribution in [2.45, 2.75) is 19.4 Å². The molecule has 0 saturated heterocycles. The molecule has 0 fully saturated rings. The molecular formula is C19H18FN5O2. The van der Waals surface area contributed by atoms with Gasteiger partial charge in [0.25, 0.3) is 5.56 Å². The summed E-state index contributed by atoms with van der Waals surface area (Å²) < 4.78 is 21.4. The van der Waals surface area contributed by atoms with Gasteiger partial charge in [-0.05, 0) is 12.5 Å². The van der Waals surface area contributed by atoms with Crippen LogP contribution in [0.25, 0.3) is 12.3 Å². The second-order valence-electron chi connectivity index (χ2n) is 6.13. The van der Waals surface area contributed by atoms with E-state index in [1.807, 2.05) is 6.92 Å². The Morgan fingerprint density at radius 2 is 2.22 bits per heavy atom. The molecule has 4 rings (SSSR count). The molecule has 0 spiro atoms. The highest BCUT2D eigenvalue weighted by molar-refractivity contribution is 5.35. The van der Waals surface area contributed by atoms with Crippen LogP contribution in [0.4, 0.5) is 4.39 Å². The first-order valence-corrected chi connectivity index (χ1v) is 8.66. The van der Waals surface area contributed by atoms with Gasteiger partial charge >= 0.3 is 6.01 Å². The van der Waals surface area contributed by atoms with Crippen LogP contribution in [0.3, 0.4) is 0 Å². The first-order valence-electron chi connectivity index (χ1n) is 8.66. The van der Waals surface area contributed by atoms with Crippen LogP contribution in [-0.4, -0.2) is 26.3 Å². The van der Waals surface area contributed by atoms with Crippen LogP contribution in [0.5, 0.6) is 11.8 Å². The summed E-state index contributed by atoms with van der Waals surface area (Å²) in [4.78, 5) is 19.0. The predicted octanol–water partition coefficient (Wildman–Crippen LogP) is 1.02. The molecule has 7 nitrogen and oxygen atoms in total. The molecular weight excluding hydrogens is 349 g/mol. The molecule has 0 amide bonds. The highest BCUT2D eigenvalue weighted by Gasteiger charge is 2.17. The van der Waals surface area contributed by atoms with Gasteiger partial charge in [0.15, 0.2) is 5.75 Å². The van der Waals surface area contributed by atoms with Crippen LogP contribution in [0.2, 0.25) is 0 Å². The highest BCUT2D eigenvalue weighted by Crippen LogP contribution is 2.26. The molecule has 0 bridgehead atoms. The first kappa shape index (κ1) is 17.0. The number of benzene rings is 1. The summed E-state index contributed by atoms with van der Waals surface area (Å²) in [7, 11) is 0. The average Bonchev–Trinajstić information content (AvgIpc) is 3.12. The topological polar surface area (TPSA) is 84.8 Å². The molecule has 0 aliphatic carbocycles. The van der Waals surface area contributed by atoms with Crippen molar-refractivity contribution in [3.05, 3.63) is 69.0 Å². The van der Waals surface area contributed by atoms with E-state index < -0.39 is 0 Å². The zero-order valence-electron chi connectivity index (χ0n) is 14.6. The number of rotatable bonds is 5. The van der Waals surface area contributed by atoms with Crippen molar-refractivity contribution < 1.29 is 9.13 Å². The van der Waals surface area contributed by atoms with E-state index in [9.17, 15) is 9.18 Å². The van der Waals surface area contributed by atoms with Crippen molar-refractivity contribution in [2.24, 2.45) is 0 Å². The lowest BCUT2D eigenvalue weighted by Crippen LogP contribution is -2.46. The van der Waals surface area contributed by atoms with Gasteiger partial charge in [0, 0.05) is 18.3 Å². The quantitative estimate of drug-likeness (QED) is 0.703. The van der Waals surface area contributed by atoms with E-state index in [2.05, 4.69) is 20.4 Å². The van der Waals surface area contributed by atoms with Gasteiger partial charge in [0.1, 0.15) is 5.82 Å². The van der Waals surface area contributed by atoms with Crippen LogP contribution < -0.4 is 26.2 Å². The number of H-pyrrole nitrogens is 1. The maximum atomic E-state index is 14.1. The Labute approximate surface area is 153 Å². The highest BCUT2D eigenvalue weighted by atomic mass is 19.1. The fraction of sp³-hybridized carbons (Fsp3) is 0.211. The Balaban J connectivity index is 1.63. The molecule has 0 saturated carbocycles. The second-order valence-corrected chi connectivity index (χ2v) is 6.13. The third kappa shape index (κ3) is 3.33. The Bertz CT molecular complexity index is 1150. The van der Waals surface area contributed by atoms with Crippen LogP contribution in [0.1, 0.15) is 24.9 Å². The molecule has 138 valence electrons. The van der Waals surface area contributed by atoms with Crippen LogP contribution >= 0.6 is 0 Å². The molecule has 1 unspecified atom stereocenters. The van der Waals surface area contributed by atoms with Gasteiger partial charge < -0.3 is 10.1 Å².